The Morgan fingerprint density at radius 2 is 1.91 bits per heavy atom. The zero-order valence-electron chi connectivity index (χ0n) is 33.6. The minimum absolute atomic E-state index is 0.0370. The van der Waals surface area contributed by atoms with Crippen molar-refractivity contribution in [2.45, 2.75) is 83.3 Å². The van der Waals surface area contributed by atoms with Crippen LogP contribution in [0.3, 0.4) is 0 Å². The highest BCUT2D eigenvalue weighted by Gasteiger charge is 2.27. The second-order valence-corrected chi connectivity index (χ2v) is 15.6. The van der Waals surface area contributed by atoms with Crippen molar-refractivity contribution in [2.75, 3.05) is 19.5 Å². The minimum Gasteiger partial charge on any atom is -0.508 e. The van der Waals surface area contributed by atoms with Crippen LogP contribution in [0.5, 0.6) is 17.2 Å². The maximum Gasteiger partial charge on any atom is 0.192 e. The maximum absolute atomic E-state index is 13.6. The molecule has 2 heterocycles. The lowest BCUT2D eigenvalue weighted by molar-refractivity contribution is -0.121. The van der Waals surface area contributed by atoms with Crippen LogP contribution in [0.2, 0.25) is 0 Å². The molecule has 0 saturated carbocycles. The van der Waals surface area contributed by atoms with E-state index in [1.54, 1.807) is 20.2 Å². The molecule has 8 rings (SSSR count). The molecule has 5 N–H and O–H groups in total. The van der Waals surface area contributed by atoms with Crippen molar-refractivity contribution in [3.8, 4) is 29.3 Å². The number of aryl methyl sites for hydroxylation is 2. The summed E-state index contributed by atoms with van der Waals surface area (Å²) in [6.45, 7) is 2.46. The summed E-state index contributed by atoms with van der Waals surface area (Å²) >= 11 is 0. The number of phenolic OH excluding ortho intramolecular Hbond substituents is 1. The monoisotopic (exact) mass is 779 g/mol. The number of benzene rings is 4. The lowest BCUT2D eigenvalue weighted by atomic mass is 9.80. The van der Waals surface area contributed by atoms with Gasteiger partial charge in [0.15, 0.2) is 17.5 Å². The first-order valence-corrected chi connectivity index (χ1v) is 20.3. The fraction of sp³-hybridized carbons (Fsp3) is 0.347. The number of nitrogens with two attached hydrogens (primary N) is 1. The van der Waals surface area contributed by atoms with Crippen LogP contribution in [0.1, 0.15) is 84.7 Å². The number of fused-ring (bicyclic) bond motifs is 9. The lowest BCUT2D eigenvalue weighted by Gasteiger charge is -2.28. The Morgan fingerprint density at radius 1 is 1.03 bits per heavy atom. The molecule has 0 saturated heterocycles. The third-order valence-corrected chi connectivity index (χ3v) is 11.6. The molecule has 4 aromatic carbocycles. The molecular weight excluding hydrogens is 727 g/mol. The number of rotatable bonds is 9. The van der Waals surface area contributed by atoms with E-state index in [-0.39, 0.29) is 47.9 Å². The number of hydrogen-bond acceptors (Lipinski definition) is 7. The van der Waals surface area contributed by atoms with Crippen molar-refractivity contribution < 1.29 is 29.2 Å². The molecule has 2 aliphatic carbocycles. The number of unbranched alkanes of at least 4 members (excludes halogenated alkanes) is 1. The first-order chi connectivity index (χ1) is 28.2. The number of nitrogens with one attached hydrogen (secondary N) is 1. The lowest BCUT2D eigenvalue weighted by Crippen LogP contribution is -2.24. The number of methoxy groups -OCH3 is 1. The predicted molar refractivity (Wildman–Crippen MR) is 231 cm³/mol. The molecule has 9 heteroatoms. The Morgan fingerprint density at radius 3 is 2.76 bits per heavy atom. The van der Waals surface area contributed by atoms with Crippen LogP contribution in [0.25, 0.3) is 16.8 Å². The van der Waals surface area contributed by atoms with Gasteiger partial charge in [-0.1, -0.05) is 67.8 Å². The second-order valence-electron chi connectivity index (χ2n) is 15.6. The topological polar surface area (TPSA) is 136 Å². The van der Waals surface area contributed by atoms with E-state index in [4.69, 9.17) is 19.9 Å². The van der Waals surface area contributed by atoms with Crippen LogP contribution < -0.4 is 20.5 Å². The second kappa shape index (κ2) is 18.4. The van der Waals surface area contributed by atoms with E-state index < -0.39 is 6.10 Å². The van der Waals surface area contributed by atoms with Crippen molar-refractivity contribution in [2.24, 2.45) is 22.6 Å². The molecule has 0 aromatic heterocycles. The molecule has 0 amide bonds. The number of aliphatic hydroxyl groups excluding tert-OH is 1. The van der Waals surface area contributed by atoms with Gasteiger partial charge in [0.1, 0.15) is 36.1 Å². The van der Waals surface area contributed by atoms with Crippen molar-refractivity contribution in [1.82, 2.24) is 0 Å². The molecule has 58 heavy (non-hydrogen) atoms. The number of aromatic hydroxyl groups is 1. The van der Waals surface area contributed by atoms with Gasteiger partial charge in [-0.15, -0.1) is 0 Å². The van der Waals surface area contributed by atoms with Gasteiger partial charge in [0.25, 0.3) is 0 Å². The molecule has 0 radical (unpaired) electrons. The minimum atomic E-state index is -0.493. The zero-order chi connectivity index (χ0) is 40.6. The Balaban J connectivity index is 1.12. The van der Waals surface area contributed by atoms with Crippen molar-refractivity contribution in [1.29, 1.82) is 0 Å². The number of carbonyl (C=O) groups is 1. The summed E-state index contributed by atoms with van der Waals surface area (Å²) in [5.41, 5.74) is 12.8. The van der Waals surface area contributed by atoms with Crippen LogP contribution in [-0.2, 0) is 35.4 Å². The molecule has 300 valence electrons. The SMILES string of the molecule is CN=C(N)Nc1cccc(CCCC[C@@H]2C=CC(O)=C[C@H]2C[C@H]2CC(=O)CCc3ccc(OC)c(c3)OCc3ccc4c(c(O)cc5c4c3C=C[C@H]5C)CC#CO2)c1. The van der Waals surface area contributed by atoms with Crippen LogP contribution in [-0.4, -0.2) is 42.2 Å². The van der Waals surface area contributed by atoms with E-state index in [0.717, 1.165) is 70.0 Å². The van der Waals surface area contributed by atoms with E-state index in [1.807, 2.05) is 42.5 Å². The van der Waals surface area contributed by atoms with E-state index in [9.17, 15) is 15.0 Å². The number of aliphatic imine (C=N–C) groups is 1. The van der Waals surface area contributed by atoms with Crippen molar-refractivity contribution in [3.05, 3.63) is 124 Å². The van der Waals surface area contributed by atoms with E-state index >= 15 is 0 Å². The number of guanidine groups is 1. The maximum atomic E-state index is 13.6. The predicted octanol–water partition coefficient (Wildman–Crippen LogP) is 9.46. The number of aliphatic hydroxyl groups is 1. The highest BCUT2D eigenvalue weighted by Crippen LogP contribution is 2.42. The molecule has 4 atom stereocenters. The van der Waals surface area contributed by atoms with E-state index in [1.165, 1.54) is 5.56 Å². The fourth-order valence-corrected chi connectivity index (χ4v) is 8.42. The Hall–Kier alpha value is -6.14. The quantitative estimate of drug-likeness (QED) is 0.0571. The van der Waals surface area contributed by atoms with Crippen molar-refractivity contribution in [3.63, 3.8) is 0 Å². The number of phenols is 1. The van der Waals surface area contributed by atoms with Crippen LogP contribution in [0, 0.1) is 23.9 Å². The summed E-state index contributed by atoms with van der Waals surface area (Å²) in [6, 6.07) is 20.0. The highest BCUT2D eigenvalue weighted by atomic mass is 16.5. The number of carbonyl (C=O) groups excluding carboxylic acids is 1. The highest BCUT2D eigenvalue weighted by molar-refractivity contribution is 6.00. The number of anilines is 1. The first kappa shape index (κ1) is 40.1. The van der Waals surface area contributed by atoms with Gasteiger partial charge in [-0.2, -0.15) is 0 Å². The zero-order valence-corrected chi connectivity index (χ0v) is 33.6. The van der Waals surface area contributed by atoms with Crippen LogP contribution in [0.15, 0.2) is 95.7 Å². The van der Waals surface area contributed by atoms with Gasteiger partial charge in [0.2, 0.25) is 0 Å². The number of hydrogen-bond donors (Lipinski definition) is 4. The standard InChI is InChI=1S/C49H53N3O6/c1-31-13-20-41-35-17-21-43-42(45(55)29-44(31)48(41)43)12-7-23-57-40(28-39(54)18-14-33-15-22-46(56-3)47(25-33)58-30-35)27-36-26-38(53)19-16-34(36)10-5-4-8-32-9-6-11-37(24-32)52-49(50)51-2/h6,9,11,13,15-17,19-22,24-26,29,31,34,36,40,53,55H,4-5,8,10,12,14,18,27-28,30H2,1-3H3,(H3,50,51,52)/t31-,34-,36+,40+/m1/s1. The number of ketones is 1. The van der Waals surface area contributed by atoms with Crippen LogP contribution in [0.4, 0.5) is 5.69 Å². The molecule has 2 aliphatic heterocycles. The third-order valence-electron chi connectivity index (χ3n) is 11.6. The van der Waals surface area contributed by atoms with Gasteiger partial charge in [0.05, 0.1) is 7.11 Å². The smallest absolute Gasteiger partial charge is 0.192 e. The Kier molecular flexibility index (Phi) is 12.7. The molecule has 0 fully saturated rings. The van der Waals surface area contributed by atoms with Gasteiger partial charge < -0.3 is 35.5 Å². The van der Waals surface area contributed by atoms with E-state index in [2.05, 4.69) is 71.8 Å². The number of allylic oxidation sites excluding steroid dienone is 4. The number of nitrogens with zero attached hydrogens (tertiary/aromatic N) is 1. The molecule has 9 nitrogen and oxygen atoms in total. The average molecular weight is 780 g/mol. The third kappa shape index (κ3) is 9.51. The number of ether oxygens (including phenoxy) is 3. The molecule has 6 bridgehead atoms. The van der Waals surface area contributed by atoms with Crippen LogP contribution >= 0.6 is 0 Å². The normalized spacial score (nSPS) is 20.6. The average Bonchev–Trinajstić information content (AvgIpc) is 3.22. The largest absolute Gasteiger partial charge is 0.508 e. The first-order valence-electron chi connectivity index (χ1n) is 20.3. The summed E-state index contributed by atoms with van der Waals surface area (Å²) in [6.07, 6.45) is 18.2. The molecular formula is C49H53N3O6. The summed E-state index contributed by atoms with van der Waals surface area (Å²) in [4.78, 5) is 17.6. The van der Waals surface area contributed by atoms with E-state index in [0.29, 0.717) is 43.3 Å². The summed E-state index contributed by atoms with van der Waals surface area (Å²) in [7, 11) is 3.28. The fourth-order valence-electron chi connectivity index (χ4n) is 8.42. The Bertz CT molecular complexity index is 2350. The van der Waals surface area contributed by atoms with Gasteiger partial charge in [0, 0.05) is 43.5 Å². The summed E-state index contributed by atoms with van der Waals surface area (Å²) in [5, 5.41) is 27.1. The molecule has 4 aliphatic rings. The molecule has 4 aromatic rings. The molecule has 0 unspecified atom stereocenters. The number of Topliss-reactive ketones (excluding diaryl/α,β-unsaturated/α-hetero) is 1. The Labute approximate surface area is 341 Å². The van der Waals surface area contributed by atoms with Gasteiger partial charge in [-0.3, -0.25) is 9.79 Å². The summed E-state index contributed by atoms with van der Waals surface area (Å²) in [5.74, 6) is 5.54. The molecule has 0 spiro atoms. The van der Waals surface area contributed by atoms with Gasteiger partial charge >= 0.3 is 0 Å². The van der Waals surface area contributed by atoms with Gasteiger partial charge in [-0.05, 0) is 125 Å². The van der Waals surface area contributed by atoms with Crippen molar-refractivity contribution >= 4 is 34.3 Å². The summed E-state index contributed by atoms with van der Waals surface area (Å²) < 4.78 is 18.3. The van der Waals surface area contributed by atoms with Gasteiger partial charge in [-0.25, -0.2) is 0 Å².